The predicted molar refractivity (Wildman–Crippen MR) is 128 cm³/mol. The first-order valence-electron chi connectivity index (χ1n) is 12.6. The number of hydrogen-bond acceptors (Lipinski definition) is 10. The molecule has 1 fully saturated rings. The van der Waals surface area contributed by atoms with Gasteiger partial charge < -0.3 is 55.1 Å². The summed E-state index contributed by atoms with van der Waals surface area (Å²) in [5.41, 5.74) is 0. The van der Waals surface area contributed by atoms with Crippen LogP contribution in [0.2, 0.25) is 0 Å². The lowest BCUT2D eigenvalue weighted by Crippen LogP contribution is -2.56. The Balaban J connectivity index is 1.70. The number of hydrogen-bond donors (Lipinski definition) is 8. The summed E-state index contributed by atoms with van der Waals surface area (Å²) >= 11 is 0. The Hall–Kier alpha value is -1.61. The van der Waals surface area contributed by atoms with Crippen LogP contribution in [-0.2, 0) is 20.8 Å². The lowest BCUT2D eigenvalue weighted by atomic mass is 10.00. The summed E-state index contributed by atoms with van der Waals surface area (Å²) in [7, 11) is 0. The fraction of sp³-hybridized carbons (Fsp3) is 0.792. The number of unbranched alkanes of at least 4 members (excludes halogenated alkanes) is 5. The molecule has 8 atom stereocenters. The van der Waals surface area contributed by atoms with Crippen LogP contribution >= 0.6 is 0 Å². The Bertz CT molecular complexity index is 722. The van der Waals surface area contributed by atoms with Gasteiger partial charge in [0.15, 0.2) is 12.4 Å². The lowest BCUT2D eigenvalue weighted by Gasteiger charge is -2.39. The van der Waals surface area contributed by atoms with Gasteiger partial charge in [-0.2, -0.15) is 0 Å². The first-order chi connectivity index (χ1) is 17.3. The Morgan fingerprint density at radius 2 is 1.67 bits per heavy atom. The molecule has 1 saturated heterocycles. The van der Waals surface area contributed by atoms with Crippen molar-refractivity contribution in [3.8, 4) is 0 Å². The van der Waals surface area contributed by atoms with Crippen LogP contribution in [0.25, 0.3) is 0 Å². The largest absolute Gasteiger partial charge is 0.394 e. The number of aryl methyl sites for hydroxylation is 1. The number of aliphatic hydroxyl groups excluding tert-OH is 7. The zero-order valence-corrected chi connectivity index (χ0v) is 20.5. The number of carbonyl (C=O) groups is 1. The molecule has 208 valence electrons. The molecule has 36 heavy (non-hydrogen) atoms. The molecule has 0 spiro atoms. The van der Waals surface area contributed by atoms with Gasteiger partial charge in [-0.1, -0.05) is 25.7 Å². The fourth-order valence-electron chi connectivity index (χ4n) is 4.13. The number of nitrogens with one attached hydrogen (secondary N) is 1. The van der Waals surface area contributed by atoms with Crippen molar-refractivity contribution in [2.45, 2.75) is 101 Å². The van der Waals surface area contributed by atoms with Gasteiger partial charge in [0.05, 0.1) is 19.3 Å². The standard InChI is InChI=1S/C24H42N2O10/c27-14-17(30)23(36-19-13-16(29)20(31)18(15-28)35-19)21(32)22(33)24(34)25-9-5-3-1-2-4-6-10-26-11-7-8-12-26/h7-8,11-12,16-23,27-33H,1-6,9-10,13-15H2,(H,25,34). The molecule has 0 aromatic carbocycles. The maximum absolute atomic E-state index is 12.3. The summed E-state index contributed by atoms with van der Waals surface area (Å²) in [5.74, 6) is -0.860. The molecule has 2 heterocycles. The number of nitrogens with zero attached hydrogens (tertiary/aromatic N) is 1. The van der Waals surface area contributed by atoms with E-state index in [1.54, 1.807) is 0 Å². The van der Waals surface area contributed by atoms with E-state index in [9.17, 15) is 40.5 Å². The van der Waals surface area contributed by atoms with E-state index in [0.29, 0.717) is 13.0 Å². The fourth-order valence-corrected chi connectivity index (χ4v) is 4.13. The normalized spacial score (nSPS) is 25.8. The third kappa shape index (κ3) is 9.69. The van der Waals surface area contributed by atoms with Gasteiger partial charge in [0.25, 0.3) is 5.91 Å². The maximum atomic E-state index is 12.3. The third-order valence-electron chi connectivity index (χ3n) is 6.33. The van der Waals surface area contributed by atoms with E-state index in [-0.39, 0.29) is 6.42 Å². The Morgan fingerprint density at radius 1 is 1.03 bits per heavy atom. The van der Waals surface area contributed by atoms with Crippen molar-refractivity contribution in [3.05, 3.63) is 24.5 Å². The van der Waals surface area contributed by atoms with Gasteiger partial charge in [0, 0.05) is 31.9 Å². The Morgan fingerprint density at radius 3 is 2.31 bits per heavy atom. The average Bonchev–Trinajstić information content (AvgIpc) is 3.40. The van der Waals surface area contributed by atoms with Crippen molar-refractivity contribution in [1.29, 1.82) is 0 Å². The first-order valence-corrected chi connectivity index (χ1v) is 12.6. The van der Waals surface area contributed by atoms with Crippen molar-refractivity contribution < 1.29 is 50.0 Å². The van der Waals surface area contributed by atoms with Crippen molar-refractivity contribution in [2.75, 3.05) is 19.8 Å². The van der Waals surface area contributed by atoms with Crippen LogP contribution in [-0.4, -0.2) is 115 Å². The van der Waals surface area contributed by atoms with E-state index in [2.05, 4.69) is 9.88 Å². The highest BCUT2D eigenvalue weighted by Gasteiger charge is 2.42. The highest BCUT2D eigenvalue weighted by molar-refractivity contribution is 5.81. The van der Waals surface area contributed by atoms with Crippen LogP contribution in [0.3, 0.4) is 0 Å². The zero-order valence-electron chi connectivity index (χ0n) is 20.5. The Labute approximate surface area is 211 Å². The van der Waals surface area contributed by atoms with Crippen LogP contribution in [0.4, 0.5) is 0 Å². The van der Waals surface area contributed by atoms with Gasteiger partial charge in [0.1, 0.15) is 30.5 Å². The SMILES string of the molecule is O=C(NCCCCCCCCn1cccc1)C(O)C(O)C(OC1CC(O)C(O)C(CO)O1)C(O)CO. The summed E-state index contributed by atoms with van der Waals surface area (Å²) in [6.07, 6.45) is -2.59. The summed E-state index contributed by atoms with van der Waals surface area (Å²) in [5, 5.41) is 71.7. The molecule has 1 aromatic rings. The highest BCUT2D eigenvalue weighted by Crippen LogP contribution is 2.24. The van der Waals surface area contributed by atoms with Crippen molar-refractivity contribution in [2.24, 2.45) is 0 Å². The molecule has 1 aliphatic rings. The molecule has 12 heteroatoms. The molecular formula is C24H42N2O10. The van der Waals surface area contributed by atoms with Gasteiger partial charge in [-0.25, -0.2) is 0 Å². The molecule has 1 aliphatic heterocycles. The van der Waals surface area contributed by atoms with E-state index in [1.807, 2.05) is 24.5 Å². The summed E-state index contributed by atoms with van der Waals surface area (Å²) in [6.45, 7) is -0.167. The molecule has 0 aliphatic carbocycles. The molecule has 8 unspecified atom stereocenters. The van der Waals surface area contributed by atoms with Crippen LogP contribution in [0, 0.1) is 0 Å². The second-order valence-electron chi connectivity index (χ2n) is 9.20. The van der Waals surface area contributed by atoms with Crippen LogP contribution in [0.15, 0.2) is 24.5 Å². The van der Waals surface area contributed by atoms with Gasteiger partial charge in [-0.05, 0) is 25.0 Å². The number of aliphatic hydroxyl groups is 7. The summed E-state index contributed by atoms with van der Waals surface area (Å²) < 4.78 is 12.9. The maximum Gasteiger partial charge on any atom is 0.251 e. The van der Waals surface area contributed by atoms with Crippen molar-refractivity contribution in [3.63, 3.8) is 0 Å². The van der Waals surface area contributed by atoms with E-state index in [4.69, 9.17) is 9.47 Å². The van der Waals surface area contributed by atoms with E-state index in [0.717, 1.165) is 38.6 Å². The van der Waals surface area contributed by atoms with E-state index in [1.165, 1.54) is 0 Å². The van der Waals surface area contributed by atoms with Crippen LogP contribution in [0.1, 0.15) is 44.9 Å². The highest BCUT2D eigenvalue weighted by atomic mass is 16.7. The molecule has 8 N–H and O–H groups in total. The topological polar surface area (TPSA) is 194 Å². The molecule has 0 radical (unpaired) electrons. The van der Waals surface area contributed by atoms with Crippen molar-refractivity contribution in [1.82, 2.24) is 9.88 Å². The van der Waals surface area contributed by atoms with Crippen molar-refractivity contribution >= 4 is 5.91 Å². The predicted octanol–water partition coefficient (Wildman–Crippen LogP) is -1.77. The van der Waals surface area contributed by atoms with Crippen LogP contribution < -0.4 is 5.32 Å². The van der Waals surface area contributed by atoms with Gasteiger partial charge in [-0.15, -0.1) is 0 Å². The van der Waals surface area contributed by atoms with Gasteiger partial charge >= 0.3 is 0 Å². The molecular weight excluding hydrogens is 476 g/mol. The number of rotatable bonds is 17. The van der Waals surface area contributed by atoms with E-state index >= 15 is 0 Å². The Kier molecular flexibility index (Phi) is 13.8. The minimum atomic E-state index is -1.96. The molecule has 0 saturated carbocycles. The van der Waals surface area contributed by atoms with Gasteiger partial charge in [0.2, 0.25) is 0 Å². The molecule has 1 aromatic heterocycles. The average molecular weight is 519 g/mol. The number of amides is 1. The molecule has 12 nitrogen and oxygen atoms in total. The third-order valence-corrected chi connectivity index (χ3v) is 6.33. The molecule has 2 rings (SSSR count). The second kappa shape index (κ2) is 16.3. The quantitative estimate of drug-likeness (QED) is 0.109. The second-order valence-corrected chi connectivity index (χ2v) is 9.20. The number of carbonyl (C=O) groups excluding carboxylic acids is 1. The smallest absolute Gasteiger partial charge is 0.251 e. The summed E-state index contributed by atoms with van der Waals surface area (Å²) in [4.78, 5) is 12.3. The minimum Gasteiger partial charge on any atom is -0.394 e. The monoisotopic (exact) mass is 518 g/mol. The van der Waals surface area contributed by atoms with Crippen LogP contribution in [0.5, 0.6) is 0 Å². The first kappa shape index (κ1) is 30.6. The number of ether oxygens (including phenoxy) is 2. The summed E-state index contributed by atoms with van der Waals surface area (Å²) in [6, 6.07) is 4.00. The van der Waals surface area contributed by atoms with E-state index < -0.39 is 68.1 Å². The molecule has 0 bridgehead atoms. The zero-order chi connectivity index (χ0) is 26.5. The van der Waals surface area contributed by atoms with Gasteiger partial charge in [-0.3, -0.25) is 4.79 Å². The minimum absolute atomic E-state index is 0.256. The lowest BCUT2D eigenvalue weighted by molar-refractivity contribution is -0.291. The number of aromatic nitrogens is 1. The molecule has 1 amide bonds.